The number of benzene rings is 2. The molecule has 13 heteroatoms. The van der Waals surface area contributed by atoms with Crippen molar-refractivity contribution in [1.82, 2.24) is 9.91 Å². The smallest absolute Gasteiger partial charge is 0.328 e. The van der Waals surface area contributed by atoms with Crippen LogP contribution in [0.4, 0.5) is 22.7 Å². The van der Waals surface area contributed by atoms with E-state index in [-0.39, 0.29) is 10.6 Å². The van der Waals surface area contributed by atoms with E-state index in [0.717, 1.165) is 75.2 Å². The van der Waals surface area contributed by atoms with E-state index in [1.54, 1.807) is 19.2 Å². The number of aliphatic carboxylic acids is 2. The number of carbonyl (C=O) groups is 2. The molecule has 2 aliphatic rings. The summed E-state index contributed by atoms with van der Waals surface area (Å²) < 4.78 is 5.61. The van der Waals surface area contributed by atoms with Crippen molar-refractivity contribution >= 4 is 34.7 Å². The number of piperazine rings is 2. The molecule has 0 radical (unpaired) electrons. The molecule has 0 saturated carbocycles. The van der Waals surface area contributed by atoms with Crippen molar-refractivity contribution in [3.8, 4) is 5.75 Å². The Morgan fingerprint density at radius 1 is 0.897 bits per heavy atom. The Bertz CT molecular complexity index is 1140. The van der Waals surface area contributed by atoms with E-state index >= 15 is 0 Å². The zero-order valence-electron chi connectivity index (χ0n) is 22.0. The average molecular weight is 543 g/mol. The molecule has 0 aliphatic carbocycles. The van der Waals surface area contributed by atoms with Gasteiger partial charge < -0.3 is 35.1 Å². The minimum atomic E-state index is -1.26. The number of carboxylic acid groups (broad SMARTS) is 2. The van der Waals surface area contributed by atoms with Crippen molar-refractivity contribution < 1.29 is 29.5 Å². The molecule has 0 aromatic heterocycles. The fourth-order valence-corrected chi connectivity index (χ4v) is 4.24. The third-order valence-electron chi connectivity index (χ3n) is 6.38. The van der Waals surface area contributed by atoms with Gasteiger partial charge in [-0.3, -0.25) is 10.1 Å². The third-order valence-corrected chi connectivity index (χ3v) is 6.38. The van der Waals surface area contributed by atoms with Crippen molar-refractivity contribution in [2.75, 3.05) is 81.7 Å². The maximum Gasteiger partial charge on any atom is 0.328 e. The van der Waals surface area contributed by atoms with Crippen LogP contribution in [-0.2, 0) is 9.59 Å². The summed E-state index contributed by atoms with van der Waals surface area (Å²) in [6.45, 7) is 7.49. The number of anilines is 3. The lowest BCUT2D eigenvalue weighted by atomic mass is 10.2. The van der Waals surface area contributed by atoms with Crippen LogP contribution in [0.2, 0.25) is 0 Å². The van der Waals surface area contributed by atoms with Crippen molar-refractivity contribution in [3.05, 3.63) is 64.7 Å². The number of hydrogen-bond acceptors (Lipinski definition) is 10. The van der Waals surface area contributed by atoms with Crippen LogP contribution in [-0.4, -0.2) is 103 Å². The van der Waals surface area contributed by atoms with Gasteiger partial charge in [-0.15, -0.1) is 0 Å². The number of hydrogen-bond donors (Lipinski definition) is 3. The van der Waals surface area contributed by atoms with Crippen LogP contribution in [0.25, 0.3) is 0 Å². The first-order chi connectivity index (χ1) is 18.7. The monoisotopic (exact) mass is 542 g/mol. The van der Waals surface area contributed by atoms with Crippen LogP contribution in [0.1, 0.15) is 0 Å². The highest BCUT2D eigenvalue weighted by atomic mass is 16.6. The van der Waals surface area contributed by atoms with E-state index in [4.69, 9.17) is 14.9 Å². The minimum Gasteiger partial charge on any atom is -0.495 e. The first-order valence-electron chi connectivity index (χ1n) is 12.4. The van der Waals surface area contributed by atoms with Gasteiger partial charge in [-0.2, -0.15) is 0 Å². The number of carboxylic acids is 2. The van der Waals surface area contributed by atoms with Gasteiger partial charge in [0.2, 0.25) is 0 Å². The summed E-state index contributed by atoms with van der Waals surface area (Å²) in [6.07, 6.45) is 1.12. The molecule has 39 heavy (non-hydrogen) atoms. The van der Waals surface area contributed by atoms with Crippen molar-refractivity contribution in [1.29, 1.82) is 0 Å². The molecule has 2 aromatic carbocycles. The Labute approximate surface area is 226 Å². The van der Waals surface area contributed by atoms with E-state index in [1.807, 2.05) is 18.2 Å². The topological polar surface area (TPSA) is 152 Å². The number of hydrazine groups is 1. The summed E-state index contributed by atoms with van der Waals surface area (Å²) in [5, 5.41) is 28.7. The summed E-state index contributed by atoms with van der Waals surface area (Å²) in [5.74, 6) is -1.61. The molecule has 0 unspecified atom stereocenters. The lowest BCUT2D eigenvalue weighted by molar-refractivity contribution is -0.384. The Morgan fingerprint density at radius 2 is 1.46 bits per heavy atom. The summed E-state index contributed by atoms with van der Waals surface area (Å²) >= 11 is 0. The molecule has 0 amide bonds. The maximum absolute atomic E-state index is 10.8. The minimum absolute atomic E-state index is 0.125. The van der Waals surface area contributed by atoms with Crippen molar-refractivity contribution in [3.63, 3.8) is 0 Å². The Morgan fingerprint density at radius 3 is 1.97 bits per heavy atom. The van der Waals surface area contributed by atoms with Crippen LogP contribution in [0, 0.1) is 10.1 Å². The Balaban J connectivity index is 0.000000459. The highest BCUT2D eigenvalue weighted by Gasteiger charge is 2.21. The highest BCUT2D eigenvalue weighted by molar-refractivity contribution is 5.89. The predicted octanol–water partition coefficient (Wildman–Crippen LogP) is 2.22. The van der Waals surface area contributed by atoms with Gasteiger partial charge in [-0.05, 0) is 37.4 Å². The second kappa shape index (κ2) is 14.0. The number of nitro benzene ring substituents is 1. The highest BCUT2D eigenvalue weighted by Crippen LogP contribution is 2.32. The van der Waals surface area contributed by atoms with Gasteiger partial charge in [-0.25, -0.2) is 14.6 Å². The molecule has 0 bridgehead atoms. The second-order valence-corrected chi connectivity index (χ2v) is 9.05. The zero-order valence-corrected chi connectivity index (χ0v) is 22.0. The molecular weight excluding hydrogens is 508 g/mol. The van der Waals surface area contributed by atoms with Crippen LogP contribution in [0.5, 0.6) is 5.75 Å². The maximum atomic E-state index is 10.8. The molecule has 2 aliphatic heterocycles. The van der Waals surface area contributed by atoms with Crippen LogP contribution in [0.3, 0.4) is 0 Å². The lowest BCUT2D eigenvalue weighted by Gasteiger charge is -2.37. The first-order valence-corrected chi connectivity index (χ1v) is 12.4. The van der Waals surface area contributed by atoms with Crippen molar-refractivity contribution in [2.24, 2.45) is 0 Å². The molecule has 0 spiro atoms. The molecule has 2 saturated heterocycles. The fraction of sp³-hybridized carbons (Fsp3) is 0.385. The summed E-state index contributed by atoms with van der Waals surface area (Å²) in [6, 6.07) is 13.0. The van der Waals surface area contributed by atoms with Gasteiger partial charge in [0.05, 0.1) is 23.4 Å². The average Bonchev–Trinajstić information content (AvgIpc) is 2.93. The number of nitrogens with zero attached hydrogens (tertiary/aromatic N) is 5. The molecular formula is C26H34N6O7. The quantitative estimate of drug-likeness (QED) is 0.255. The fourth-order valence-electron chi connectivity index (χ4n) is 4.24. The zero-order chi connectivity index (χ0) is 28.4. The van der Waals surface area contributed by atoms with E-state index in [1.165, 1.54) is 0 Å². The number of nitro groups is 1. The number of likely N-dealkylation sites (N-methyl/N-ethyl adjacent to an activating group) is 1. The third kappa shape index (κ3) is 8.86. The van der Waals surface area contributed by atoms with E-state index in [0.29, 0.717) is 12.2 Å². The molecule has 4 rings (SSSR count). The number of methoxy groups -OCH3 is 1. The molecule has 2 aromatic rings. The molecule has 2 fully saturated rings. The van der Waals surface area contributed by atoms with Crippen molar-refractivity contribution in [2.45, 2.75) is 0 Å². The lowest BCUT2D eigenvalue weighted by Crippen LogP contribution is -2.48. The van der Waals surface area contributed by atoms with Crippen LogP contribution in [0.15, 0.2) is 54.6 Å². The van der Waals surface area contributed by atoms with Gasteiger partial charge in [0.1, 0.15) is 5.75 Å². The van der Waals surface area contributed by atoms with Gasteiger partial charge in [-0.1, -0.05) is 0 Å². The molecule has 2 heterocycles. The molecule has 0 atom stereocenters. The SMILES string of the molecule is COc1ccc(NN2CCN(c3ccc([N+](=O)[O-])cc3)CC2)cc1N1CCN(C)CC1.O=C(O)C=CC(=O)O. The van der Waals surface area contributed by atoms with Crippen LogP contribution < -0.4 is 20.0 Å². The van der Waals surface area contributed by atoms with Gasteiger partial charge in [0.15, 0.2) is 0 Å². The number of non-ortho nitro benzene ring substituents is 1. The normalized spacial score (nSPS) is 16.4. The Hall–Kier alpha value is -4.36. The van der Waals surface area contributed by atoms with Gasteiger partial charge in [0.25, 0.3) is 5.69 Å². The standard InChI is InChI=1S/C22H30N6O3.C4H4O4/c1-24-9-11-26(12-10-24)21-17-18(3-8-22(21)31-2)23-27-15-13-25(14-16-27)19-4-6-20(7-5-19)28(29)30;5-3(6)1-2-4(7)8/h3-8,17,23H,9-16H2,1-2H3;1-2H,(H,5,6)(H,7,8). The second-order valence-electron chi connectivity index (χ2n) is 9.05. The van der Waals surface area contributed by atoms with Crippen LogP contribution >= 0.6 is 0 Å². The summed E-state index contributed by atoms with van der Waals surface area (Å²) in [7, 11) is 3.88. The van der Waals surface area contributed by atoms with Gasteiger partial charge >= 0.3 is 11.9 Å². The summed E-state index contributed by atoms with van der Waals surface area (Å²) in [5.41, 5.74) is 6.87. The molecule has 210 valence electrons. The van der Waals surface area contributed by atoms with E-state index in [2.05, 4.69) is 44.3 Å². The number of nitrogens with one attached hydrogen (secondary N) is 1. The summed E-state index contributed by atoms with van der Waals surface area (Å²) in [4.78, 5) is 36.6. The van der Waals surface area contributed by atoms with E-state index in [9.17, 15) is 19.7 Å². The number of rotatable bonds is 8. The Kier molecular flexibility index (Phi) is 10.5. The molecule has 13 nitrogen and oxygen atoms in total. The first kappa shape index (κ1) is 29.2. The van der Waals surface area contributed by atoms with Gasteiger partial charge in [0, 0.05) is 82.3 Å². The largest absolute Gasteiger partial charge is 0.495 e. The number of ether oxygens (including phenoxy) is 1. The molecule has 3 N–H and O–H groups in total. The predicted molar refractivity (Wildman–Crippen MR) is 148 cm³/mol. The van der Waals surface area contributed by atoms with E-state index < -0.39 is 11.9 Å².